The summed E-state index contributed by atoms with van der Waals surface area (Å²) in [6.07, 6.45) is 5.55. The van der Waals surface area contributed by atoms with Crippen LogP contribution >= 0.6 is 0 Å². The summed E-state index contributed by atoms with van der Waals surface area (Å²) in [5, 5.41) is 13.0. The van der Waals surface area contributed by atoms with Gasteiger partial charge in [-0.15, -0.1) is 0 Å². The van der Waals surface area contributed by atoms with Crippen LogP contribution in [0.2, 0.25) is 0 Å². The molecule has 112 valence electrons. The number of aliphatic hydroxyl groups excluding tert-OH is 1. The number of para-hydroxylation sites is 1. The highest BCUT2D eigenvalue weighted by Crippen LogP contribution is 2.33. The fourth-order valence-corrected chi connectivity index (χ4v) is 2.82. The maximum atomic E-state index is 9.48. The molecule has 4 heteroatoms. The number of anilines is 2. The van der Waals surface area contributed by atoms with Crippen LogP contribution < -0.4 is 15.8 Å². The highest BCUT2D eigenvalue weighted by molar-refractivity contribution is 5.73. The van der Waals surface area contributed by atoms with Crippen LogP contribution in [0.25, 0.3) is 0 Å². The van der Waals surface area contributed by atoms with Gasteiger partial charge in [0.2, 0.25) is 0 Å². The maximum absolute atomic E-state index is 9.48. The molecule has 2 unspecified atom stereocenters. The Bertz CT molecular complexity index is 423. The Hall–Kier alpha value is -1.42. The van der Waals surface area contributed by atoms with E-state index in [9.17, 15) is 5.11 Å². The fraction of sp³-hybridized carbons (Fsp3) is 0.625. The van der Waals surface area contributed by atoms with Crippen molar-refractivity contribution in [3.05, 3.63) is 18.2 Å². The van der Waals surface area contributed by atoms with Crippen molar-refractivity contribution in [3.8, 4) is 5.75 Å². The normalized spacial score (nSPS) is 22.5. The SMILES string of the molecule is CCCOc1cccc(NC2CCCCC2CO)c1N. The first kappa shape index (κ1) is 15.0. The van der Waals surface area contributed by atoms with Crippen molar-refractivity contribution in [2.24, 2.45) is 5.92 Å². The zero-order valence-corrected chi connectivity index (χ0v) is 12.3. The zero-order chi connectivity index (χ0) is 14.4. The van der Waals surface area contributed by atoms with E-state index in [1.165, 1.54) is 12.8 Å². The highest BCUT2D eigenvalue weighted by Gasteiger charge is 2.25. The molecule has 1 aliphatic carbocycles. The van der Waals surface area contributed by atoms with E-state index in [2.05, 4.69) is 12.2 Å². The molecule has 20 heavy (non-hydrogen) atoms. The number of nitrogen functional groups attached to an aromatic ring is 1. The van der Waals surface area contributed by atoms with Gasteiger partial charge in [0.25, 0.3) is 0 Å². The summed E-state index contributed by atoms with van der Waals surface area (Å²) >= 11 is 0. The second kappa shape index (κ2) is 7.39. The van der Waals surface area contributed by atoms with Gasteiger partial charge in [0.05, 0.1) is 18.0 Å². The number of nitrogens with two attached hydrogens (primary N) is 1. The van der Waals surface area contributed by atoms with Gasteiger partial charge >= 0.3 is 0 Å². The first-order valence-electron chi connectivity index (χ1n) is 7.65. The Labute approximate surface area is 121 Å². The van der Waals surface area contributed by atoms with E-state index in [0.29, 0.717) is 24.3 Å². The lowest BCUT2D eigenvalue weighted by atomic mass is 9.85. The lowest BCUT2D eigenvalue weighted by Crippen LogP contribution is -2.34. The molecule has 0 aliphatic heterocycles. The summed E-state index contributed by atoms with van der Waals surface area (Å²) in [6.45, 7) is 2.99. The molecule has 1 aromatic rings. The van der Waals surface area contributed by atoms with E-state index in [-0.39, 0.29) is 6.61 Å². The third-order valence-electron chi connectivity index (χ3n) is 4.01. The van der Waals surface area contributed by atoms with Crippen LogP contribution in [0.3, 0.4) is 0 Å². The van der Waals surface area contributed by atoms with Gasteiger partial charge in [0.1, 0.15) is 5.75 Å². The highest BCUT2D eigenvalue weighted by atomic mass is 16.5. The van der Waals surface area contributed by atoms with Crippen LogP contribution in [0.15, 0.2) is 18.2 Å². The summed E-state index contributed by atoms with van der Waals surface area (Å²) in [5.74, 6) is 1.07. The summed E-state index contributed by atoms with van der Waals surface area (Å²) < 4.78 is 5.65. The topological polar surface area (TPSA) is 67.5 Å². The number of hydrogen-bond donors (Lipinski definition) is 3. The van der Waals surface area contributed by atoms with Gasteiger partial charge in [-0.1, -0.05) is 25.8 Å². The number of ether oxygens (including phenoxy) is 1. The molecular formula is C16H26N2O2. The van der Waals surface area contributed by atoms with Crippen LogP contribution in [0.1, 0.15) is 39.0 Å². The minimum absolute atomic E-state index is 0.240. The molecule has 4 nitrogen and oxygen atoms in total. The number of nitrogens with one attached hydrogen (secondary N) is 1. The lowest BCUT2D eigenvalue weighted by molar-refractivity contribution is 0.178. The van der Waals surface area contributed by atoms with E-state index in [0.717, 1.165) is 30.7 Å². The average Bonchev–Trinajstić information content (AvgIpc) is 2.48. The smallest absolute Gasteiger partial charge is 0.144 e. The third-order valence-corrected chi connectivity index (χ3v) is 4.01. The monoisotopic (exact) mass is 278 g/mol. The van der Waals surface area contributed by atoms with E-state index in [4.69, 9.17) is 10.5 Å². The van der Waals surface area contributed by atoms with E-state index in [1.54, 1.807) is 0 Å². The van der Waals surface area contributed by atoms with E-state index >= 15 is 0 Å². The molecular weight excluding hydrogens is 252 g/mol. The molecule has 1 aromatic carbocycles. The van der Waals surface area contributed by atoms with E-state index in [1.807, 2.05) is 18.2 Å². The predicted molar refractivity (Wildman–Crippen MR) is 83.1 cm³/mol. The van der Waals surface area contributed by atoms with Crippen LogP contribution in [-0.4, -0.2) is 24.4 Å². The van der Waals surface area contributed by atoms with Crippen LogP contribution in [0.5, 0.6) is 5.75 Å². The van der Waals surface area contributed by atoms with Crippen LogP contribution in [-0.2, 0) is 0 Å². The molecule has 0 aromatic heterocycles. The Balaban J connectivity index is 2.08. The van der Waals surface area contributed by atoms with Crippen molar-refractivity contribution < 1.29 is 9.84 Å². The van der Waals surface area contributed by atoms with Gasteiger partial charge < -0.3 is 20.9 Å². The summed E-state index contributed by atoms with van der Waals surface area (Å²) in [5.41, 5.74) is 7.77. The number of hydrogen-bond acceptors (Lipinski definition) is 4. The maximum Gasteiger partial charge on any atom is 0.144 e. The standard InChI is InChI=1S/C16H26N2O2/c1-2-10-20-15-9-5-8-14(16(15)17)18-13-7-4-3-6-12(13)11-19/h5,8-9,12-13,18-19H,2-4,6-7,10-11,17H2,1H3. The molecule has 1 saturated carbocycles. The molecule has 0 spiro atoms. The zero-order valence-electron chi connectivity index (χ0n) is 12.3. The minimum atomic E-state index is 0.240. The Kier molecular flexibility index (Phi) is 5.53. The molecule has 0 radical (unpaired) electrons. The van der Waals surface area contributed by atoms with Crippen LogP contribution in [0.4, 0.5) is 11.4 Å². The van der Waals surface area contributed by atoms with Gasteiger partial charge in [-0.25, -0.2) is 0 Å². The lowest BCUT2D eigenvalue weighted by Gasteiger charge is -2.32. The molecule has 2 rings (SSSR count). The Morgan fingerprint density at radius 3 is 2.90 bits per heavy atom. The molecule has 0 saturated heterocycles. The van der Waals surface area contributed by atoms with E-state index < -0.39 is 0 Å². The number of rotatable bonds is 6. The first-order chi connectivity index (χ1) is 9.76. The Morgan fingerprint density at radius 2 is 2.15 bits per heavy atom. The first-order valence-corrected chi connectivity index (χ1v) is 7.65. The fourth-order valence-electron chi connectivity index (χ4n) is 2.82. The Morgan fingerprint density at radius 1 is 1.35 bits per heavy atom. The molecule has 1 fully saturated rings. The van der Waals surface area contributed by atoms with Gasteiger partial charge in [-0.3, -0.25) is 0 Å². The average molecular weight is 278 g/mol. The molecule has 1 aliphatic rings. The minimum Gasteiger partial charge on any atom is -0.491 e. The largest absolute Gasteiger partial charge is 0.491 e. The van der Waals surface area contributed by atoms with Gasteiger partial charge in [0.15, 0.2) is 0 Å². The number of benzene rings is 1. The van der Waals surface area contributed by atoms with Crippen molar-refractivity contribution in [1.82, 2.24) is 0 Å². The second-order valence-electron chi connectivity index (χ2n) is 5.54. The summed E-state index contributed by atoms with van der Waals surface area (Å²) in [4.78, 5) is 0. The summed E-state index contributed by atoms with van der Waals surface area (Å²) in [6, 6.07) is 6.15. The quantitative estimate of drug-likeness (QED) is 0.700. The molecule has 0 bridgehead atoms. The van der Waals surface area contributed by atoms with Crippen molar-refractivity contribution in [2.45, 2.75) is 45.1 Å². The van der Waals surface area contributed by atoms with Crippen molar-refractivity contribution in [3.63, 3.8) is 0 Å². The predicted octanol–water partition coefficient (Wildman–Crippen LogP) is 3.02. The van der Waals surface area contributed by atoms with Crippen LogP contribution in [0, 0.1) is 5.92 Å². The van der Waals surface area contributed by atoms with Gasteiger partial charge in [-0.2, -0.15) is 0 Å². The molecule has 2 atom stereocenters. The van der Waals surface area contributed by atoms with Gasteiger partial charge in [-0.05, 0) is 31.4 Å². The third kappa shape index (κ3) is 3.57. The summed E-state index contributed by atoms with van der Waals surface area (Å²) in [7, 11) is 0. The molecule has 0 amide bonds. The van der Waals surface area contributed by atoms with Gasteiger partial charge in [0, 0.05) is 18.6 Å². The second-order valence-corrected chi connectivity index (χ2v) is 5.54. The molecule has 0 heterocycles. The van der Waals surface area contributed by atoms with Crippen molar-refractivity contribution in [1.29, 1.82) is 0 Å². The number of aliphatic hydroxyl groups is 1. The van der Waals surface area contributed by atoms with Crippen molar-refractivity contribution in [2.75, 3.05) is 24.3 Å². The molecule has 4 N–H and O–H groups in total. The van der Waals surface area contributed by atoms with Crippen molar-refractivity contribution >= 4 is 11.4 Å².